The minimum Gasteiger partial charge on any atom is -0.494 e. The number of imide groups is 1. The molecule has 1 aromatic rings. The highest BCUT2D eigenvalue weighted by Gasteiger charge is 2.40. The van der Waals surface area contributed by atoms with Gasteiger partial charge in [-0.1, -0.05) is 12.1 Å². The second-order valence-corrected chi connectivity index (χ2v) is 5.58. The molecule has 0 atom stereocenters. The Balaban J connectivity index is 2.42. The summed E-state index contributed by atoms with van der Waals surface area (Å²) in [7, 11) is 3.20. The highest BCUT2D eigenvalue weighted by Crippen LogP contribution is 2.31. The van der Waals surface area contributed by atoms with E-state index < -0.39 is 0 Å². The summed E-state index contributed by atoms with van der Waals surface area (Å²) in [5.41, 5.74) is 1.26. The Labute approximate surface area is 147 Å². The molecular formula is C18H24N2O5. The molecule has 1 aliphatic rings. The van der Waals surface area contributed by atoms with E-state index >= 15 is 0 Å². The van der Waals surface area contributed by atoms with Gasteiger partial charge >= 0.3 is 0 Å². The predicted molar refractivity (Wildman–Crippen MR) is 92.8 cm³/mol. The van der Waals surface area contributed by atoms with E-state index in [1.165, 1.54) is 12.0 Å². The molecule has 1 heterocycles. The van der Waals surface area contributed by atoms with Gasteiger partial charge in [0.05, 0.1) is 31.9 Å². The Morgan fingerprint density at radius 1 is 1.16 bits per heavy atom. The van der Waals surface area contributed by atoms with Crippen molar-refractivity contribution in [2.75, 3.05) is 47.1 Å². The molecule has 0 fully saturated rings. The van der Waals surface area contributed by atoms with E-state index in [0.717, 1.165) is 0 Å². The average molecular weight is 348 g/mol. The quantitative estimate of drug-likeness (QED) is 0.663. The normalized spacial score (nSPS) is 14.5. The number of hydrogen-bond donors (Lipinski definition) is 1. The molecule has 0 aliphatic carbocycles. The molecule has 0 aromatic heterocycles. The number of rotatable bonds is 9. The van der Waals surface area contributed by atoms with Gasteiger partial charge in [-0.25, -0.2) is 0 Å². The molecule has 1 aliphatic heterocycles. The molecule has 0 radical (unpaired) electrons. The maximum absolute atomic E-state index is 12.8. The molecular weight excluding hydrogens is 324 g/mol. The smallest absolute Gasteiger partial charge is 0.277 e. The van der Waals surface area contributed by atoms with E-state index in [1.807, 2.05) is 6.92 Å². The first-order valence-electron chi connectivity index (χ1n) is 8.19. The molecule has 136 valence electrons. The molecule has 7 nitrogen and oxygen atoms in total. The lowest BCUT2D eigenvalue weighted by Crippen LogP contribution is -2.37. The standard InChI is InChI=1S/C18H24N2O5/c1-4-25-14-7-5-13(6-8-14)15-16(19(2)9-11-21)18(23)20(17(15)22)10-12-24-3/h5-8,21H,4,9-12H2,1-3H3. The first kappa shape index (κ1) is 19.0. The molecule has 7 heteroatoms. The lowest BCUT2D eigenvalue weighted by atomic mass is 10.0. The number of aliphatic hydroxyl groups is 1. The molecule has 2 rings (SSSR count). The van der Waals surface area contributed by atoms with Crippen LogP contribution in [0.2, 0.25) is 0 Å². The van der Waals surface area contributed by atoms with Crippen LogP contribution in [-0.2, 0) is 14.3 Å². The minimum atomic E-state index is -0.373. The molecule has 1 N–H and O–H groups in total. The van der Waals surface area contributed by atoms with Crippen LogP contribution >= 0.6 is 0 Å². The number of hydrogen-bond acceptors (Lipinski definition) is 6. The number of amides is 2. The second kappa shape index (κ2) is 8.64. The maximum Gasteiger partial charge on any atom is 0.277 e. The summed E-state index contributed by atoms with van der Waals surface area (Å²) in [5, 5.41) is 9.20. The summed E-state index contributed by atoms with van der Waals surface area (Å²) in [6.07, 6.45) is 0. The van der Waals surface area contributed by atoms with Crippen molar-refractivity contribution < 1.29 is 24.2 Å². The Morgan fingerprint density at radius 3 is 2.40 bits per heavy atom. The van der Waals surface area contributed by atoms with Crippen LogP contribution in [0.5, 0.6) is 5.75 Å². The third-order valence-electron chi connectivity index (χ3n) is 3.93. The van der Waals surface area contributed by atoms with Crippen molar-refractivity contribution in [2.24, 2.45) is 0 Å². The van der Waals surface area contributed by atoms with Gasteiger partial charge in [-0.05, 0) is 24.6 Å². The van der Waals surface area contributed by atoms with Crippen LogP contribution < -0.4 is 4.74 Å². The van der Waals surface area contributed by atoms with Gasteiger partial charge in [0.2, 0.25) is 0 Å². The van der Waals surface area contributed by atoms with Crippen LogP contribution in [0.3, 0.4) is 0 Å². The van der Waals surface area contributed by atoms with E-state index in [2.05, 4.69) is 0 Å². The van der Waals surface area contributed by atoms with Gasteiger partial charge in [0.15, 0.2) is 0 Å². The highest BCUT2D eigenvalue weighted by molar-refractivity contribution is 6.35. The Bertz CT molecular complexity index is 654. The van der Waals surface area contributed by atoms with Crippen molar-refractivity contribution in [3.05, 3.63) is 35.5 Å². The highest BCUT2D eigenvalue weighted by atomic mass is 16.5. The van der Waals surface area contributed by atoms with Crippen molar-refractivity contribution in [3.63, 3.8) is 0 Å². The van der Waals surface area contributed by atoms with E-state index in [9.17, 15) is 14.7 Å². The van der Waals surface area contributed by atoms with Crippen LogP contribution in [0.1, 0.15) is 12.5 Å². The van der Waals surface area contributed by atoms with Crippen LogP contribution in [-0.4, -0.2) is 73.8 Å². The first-order valence-corrected chi connectivity index (χ1v) is 8.19. The van der Waals surface area contributed by atoms with E-state index in [1.54, 1.807) is 36.2 Å². The summed E-state index contributed by atoms with van der Waals surface area (Å²) in [6.45, 7) is 3.04. The fourth-order valence-corrected chi connectivity index (χ4v) is 2.71. The Morgan fingerprint density at radius 2 is 1.84 bits per heavy atom. The summed E-state index contributed by atoms with van der Waals surface area (Å²) in [5.74, 6) is -0.0296. The van der Waals surface area contributed by atoms with Gasteiger partial charge in [0.1, 0.15) is 11.4 Å². The first-order chi connectivity index (χ1) is 12.0. The average Bonchev–Trinajstić information content (AvgIpc) is 2.85. The van der Waals surface area contributed by atoms with Crippen molar-refractivity contribution in [2.45, 2.75) is 6.92 Å². The van der Waals surface area contributed by atoms with Gasteiger partial charge in [0.25, 0.3) is 11.8 Å². The number of methoxy groups -OCH3 is 1. The molecule has 25 heavy (non-hydrogen) atoms. The molecule has 1 aromatic carbocycles. The lowest BCUT2D eigenvalue weighted by Gasteiger charge is -2.20. The number of carbonyl (C=O) groups excluding carboxylic acids is 2. The van der Waals surface area contributed by atoms with E-state index in [4.69, 9.17) is 9.47 Å². The van der Waals surface area contributed by atoms with Gasteiger partial charge in [0, 0.05) is 20.7 Å². The third kappa shape index (κ3) is 4.00. The Hall–Kier alpha value is -2.38. The van der Waals surface area contributed by atoms with Crippen LogP contribution in [0, 0.1) is 0 Å². The zero-order chi connectivity index (χ0) is 18.4. The zero-order valence-corrected chi connectivity index (χ0v) is 14.8. The minimum absolute atomic E-state index is 0.115. The fourth-order valence-electron chi connectivity index (χ4n) is 2.71. The summed E-state index contributed by atoms with van der Waals surface area (Å²) >= 11 is 0. The Kier molecular flexibility index (Phi) is 6.55. The predicted octanol–water partition coefficient (Wildman–Crippen LogP) is 0.736. The van der Waals surface area contributed by atoms with Gasteiger partial charge in [-0.2, -0.15) is 0 Å². The van der Waals surface area contributed by atoms with E-state index in [0.29, 0.717) is 29.2 Å². The molecule has 0 saturated carbocycles. The SMILES string of the molecule is CCOc1ccc(C2=C(N(C)CCO)C(=O)N(CCOC)C2=O)cc1. The van der Waals surface area contributed by atoms with Crippen molar-refractivity contribution >= 4 is 17.4 Å². The number of likely N-dealkylation sites (N-methyl/N-ethyl adjacent to an activating group) is 1. The maximum atomic E-state index is 12.8. The van der Waals surface area contributed by atoms with Gasteiger partial charge in [-0.3, -0.25) is 14.5 Å². The number of nitrogens with zero attached hydrogens (tertiary/aromatic N) is 2. The summed E-state index contributed by atoms with van der Waals surface area (Å²) in [6, 6.07) is 7.06. The summed E-state index contributed by atoms with van der Waals surface area (Å²) < 4.78 is 10.4. The number of aliphatic hydroxyl groups excluding tert-OH is 1. The third-order valence-corrected chi connectivity index (χ3v) is 3.93. The van der Waals surface area contributed by atoms with Crippen molar-refractivity contribution in [1.82, 2.24) is 9.80 Å². The fraction of sp³-hybridized carbons (Fsp3) is 0.444. The van der Waals surface area contributed by atoms with Crippen molar-refractivity contribution in [1.29, 1.82) is 0 Å². The number of benzene rings is 1. The molecule has 0 bridgehead atoms. The van der Waals surface area contributed by atoms with Crippen molar-refractivity contribution in [3.8, 4) is 5.75 Å². The molecule has 0 unspecified atom stereocenters. The van der Waals surface area contributed by atoms with Gasteiger partial charge in [-0.15, -0.1) is 0 Å². The van der Waals surface area contributed by atoms with Gasteiger partial charge < -0.3 is 19.5 Å². The molecule has 0 saturated heterocycles. The summed E-state index contributed by atoms with van der Waals surface area (Å²) in [4.78, 5) is 28.3. The number of ether oxygens (including phenoxy) is 2. The van der Waals surface area contributed by atoms with Crippen LogP contribution in [0.4, 0.5) is 0 Å². The van der Waals surface area contributed by atoms with Crippen LogP contribution in [0.15, 0.2) is 30.0 Å². The van der Waals surface area contributed by atoms with E-state index in [-0.39, 0.29) is 38.1 Å². The zero-order valence-electron chi connectivity index (χ0n) is 14.8. The number of carbonyl (C=O) groups is 2. The second-order valence-electron chi connectivity index (χ2n) is 5.58. The largest absolute Gasteiger partial charge is 0.494 e. The van der Waals surface area contributed by atoms with Crippen LogP contribution in [0.25, 0.3) is 5.57 Å². The molecule has 2 amide bonds. The topological polar surface area (TPSA) is 79.3 Å². The lowest BCUT2D eigenvalue weighted by molar-refractivity contribution is -0.138. The monoisotopic (exact) mass is 348 g/mol. The molecule has 0 spiro atoms.